The van der Waals surface area contributed by atoms with Crippen molar-refractivity contribution in [3.63, 3.8) is 0 Å². The van der Waals surface area contributed by atoms with Crippen molar-refractivity contribution in [2.75, 3.05) is 0 Å². The molecule has 1 aromatic heterocycles. The van der Waals surface area contributed by atoms with Crippen molar-refractivity contribution in [2.45, 2.75) is 38.3 Å². The summed E-state index contributed by atoms with van der Waals surface area (Å²) in [4.78, 5) is 19.6. The Morgan fingerprint density at radius 2 is 1.65 bits per heavy atom. The maximum atomic E-state index is 12.9. The fourth-order valence-corrected chi connectivity index (χ4v) is 3.95. The van der Waals surface area contributed by atoms with Gasteiger partial charge in [0.15, 0.2) is 0 Å². The Balaban J connectivity index is 1.40. The first-order chi connectivity index (χ1) is 12.8. The van der Waals surface area contributed by atoms with Crippen LogP contribution in [0.4, 0.5) is 0 Å². The maximum absolute atomic E-state index is 12.9. The van der Waals surface area contributed by atoms with Crippen molar-refractivity contribution in [1.29, 1.82) is 0 Å². The van der Waals surface area contributed by atoms with Gasteiger partial charge in [-0.2, -0.15) is 0 Å². The molecule has 1 aliphatic rings. The lowest BCUT2D eigenvalue weighted by Crippen LogP contribution is -2.33. The molecule has 0 N–H and O–H groups in total. The van der Waals surface area contributed by atoms with Crippen LogP contribution in [-0.2, 0) is 24.2 Å². The minimum absolute atomic E-state index is 0.188. The Hall–Kier alpha value is -2.46. The van der Waals surface area contributed by atoms with E-state index >= 15 is 0 Å². The van der Waals surface area contributed by atoms with Crippen LogP contribution in [-0.4, -0.2) is 21.8 Å². The van der Waals surface area contributed by atoms with Gasteiger partial charge >= 0.3 is 0 Å². The number of thiazole rings is 1. The zero-order valence-electron chi connectivity index (χ0n) is 14.7. The van der Waals surface area contributed by atoms with Gasteiger partial charge in [0.25, 0.3) is 0 Å². The van der Waals surface area contributed by atoms with Crippen LogP contribution in [0.1, 0.15) is 34.7 Å². The van der Waals surface area contributed by atoms with Gasteiger partial charge in [0, 0.05) is 24.4 Å². The van der Waals surface area contributed by atoms with Crippen LogP contribution in [0.5, 0.6) is 0 Å². The quantitative estimate of drug-likeness (QED) is 0.621. The average molecular weight is 362 g/mol. The van der Waals surface area contributed by atoms with Crippen molar-refractivity contribution in [3.8, 4) is 0 Å². The second-order valence-electron chi connectivity index (χ2n) is 6.81. The van der Waals surface area contributed by atoms with Crippen LogP contribution in [0.3, 0.4) is 0 Å². The summed E-state index contributed by atoms with van der Waals surface area (Å²) in [5, 5.41) is 3.10. The molecule has 132 valence electrons. The van der Waals surface area contributed by atoms with Crippen molar-refractivity contribution >= 4 is 17.2 Å². The molecule has 3 nitrogen and oxygen atoms in total. The van der Waals surface area contributed by atoms with Gasteiger partial charge in [0.2, 0.25) is 5.91 Å². The highest BCUT2D eigenvalue weighted by atomic mass is 32.1. The van der Waals surface area contributed by atoms with Gasteiger partial charge in [-0.3, -0.25) is 4.79 Å². The summed E-state index contributed by atoms with van der Waals surface area (Å²) < 4.78 is 0. The van der Waals surface area contributed by atoms with E-state index < -0.39 is 0 Å². The van der Waals surface area contributed by atoms with Crippen LogP contribution < -0.4 is 0 Å². The Morgan fingerprint density at radius 3 is 2.31 bits per heavy atom. The summed E-state index contributed by atoms with van der Waals surface area (Å²) >= 11 is 1.64. The second-order valence-corrected chi connectivity index (χ2v) is 7.75. The molecule has 3 aromatic rings. The summed E-state index contributed by atoms with van der Waals surface area (Å²) in [6.45, 7) is 0.700. The number of nitrogens with zero attached hydrogens (tertiary/aromatic N) is 2. The lowest BCUT2D eigenvalue weighted by Gasteiger charge is -2.22. The van der Waals surface area contributed by atoms with Crippen molar-refractivity contribution < 1.29 is 4.79 Å². The highest BCUT2D eigenvalue weighted by Gasteiger charge is 2.32. The first-order valence-corrected chi connectivity index (χ1v) is 9.96. The Kier molecular flexibility index (Phi) is 5.12. The molecule has 0 unspecified atom stereocenters. The van der Waals surface area contributed by atoms with Crippen LogP contribution in [0.2, 0.25) is 0 Å². The van der Waals surface area contributed by atoms with Crippen molar-refractivity contribution in [3.05, 3.63) is 87.9 Å². The molecular weight excluding hydrogens is 340 g/mol. The molecule has 4 rings (SSSR count). The molecule has 1 amide bonds. The van der Waals surface area contributed by atoms with E-state index in [0.717, 1.165) is 30.0 Å². The first kappa shape index (κ1) is 17.0. The molecule has 0 spiro atoms. The van der Waals surface area contributed by atoms with Gasteiger partial charge in [-0.1, -0.05) is 60.7 Å². The van der Waals surface area contributed by atoms with Crippen LogP contribution >= 0.6 is 11.3 Å². The molecule has 0 radical (unpaired) electrons. The lowest BCUT2D eigenvalue weighted by molar-refractivity contribution is -0.131. The van der Waals surface area contributed by atoms with Gasteiger partial charge in [0.05, 0.1) is 17.1 Å². The normalized spacial score (nSPS) is 13.5. The fourth-order valence-electron chi connectivity index (χ4n) is 3.13. The number of carbonyl (C=O) groups is 1. The smallest absolute Gasteiger partial charge is 0.229 e. The molecule has 1 fully saturated rings. The molecule has 0 saturated heterocycles. The van der Waals surface area contributed by atoms with E-state index in [1.807, 2.05) is 46.7 Å². The summed E-state index contributed by atoms with van der Waals surface area (Å²) in [5.41, 5.74) is 3.34. The van der Waals surface area contributed by atoms with Gasteiger partial charge in [-0.25, -0.2) is 4.98 Å². The predicted octanol–water partition coefficient (Wildman–Crippen LogP) is 4.47. The van der Waals surface area contributed by atoms with E-state index in [1.165, 1.54) is 11.1 Å². The Bertz CT molecular complexity index is 856. The number of hydrogen-bond donors (Lipinski definition) is 0. The van der Waals surface area contributed by atoms with Crippen LogP contribution in [0, 0.1) is 0 Å². The third kappa shape index (κ3) is 4.38. The topological polar surface area (TPSA) is 33.2 Å². The molecule has 2 aromatic carbocycles. The molecule has 1 aliphatic carbocycles. The molecule has 0 bridgehead atoms. The summed E-state index contributed by atoms with van der Waals surface area (Å²) in [6.07, 6.45) is 3.47. The highest BCUT2D eigenvalue weighted by molar-refractivity contribution is 7.09. The first-order valence-electron chi connectivity index (χ1n) is 9.08. The SMILES string of the molecule is O=C(Cc1csc(Cc2ccccc2)n1)N(Cc1ccccc1)C1CC1. The third-order valence-corrected chi connectivity index (χ3v) is 5.53. The largest absolute Gasteiger partial charge is 0.335 e. The number of aromatic nitrogens is 1. The third-order valence-electron chi connectivity index (χ3n) is 4.63. The summed E-state index contributed by atoms with van der Waals surface area (Å²) in [5.74, 6) is 0.188. The van der Waals surface area contributed by atoms with E-state index in [1.54, 1.807) is 11.3 Å². The number of benzene rings is 2. The molecule has 4 heteroatoms. The van der Waals surface area contributed by atoms with Gasteiger partial charge in [-0.05, 0) is 24.0 Å². The fraction of sp³-hybridized carbons (Fsp3) is 0.273. The van der Waals surface area contributed by atoms with E-state index in [2.05, 4.69) is 29.2 Å². The number of carbonyl (C=O) groups excluding carboxylic acids is 1. The summed E-state index contributed by atoms with van der Waals surface area (Å²) in [6, 6.07) is 21.0. The lowest BCUT2D eigenvalue weighted by atomic mass is 10.2. The number of hydrogen-bond acceptors (Lipinski definition) is 3. The Labute approximate surface area is 158 Å². The van der Waals surface area contributed by atoms with Gasteiger partial charge < -0.3 is 4.90 Å². The highest BCUT2D eigenvalue weighted by Crippen LogP contribution is 2.29. The monoisotopic (exact) mass is 362 g/mol. The van der Waals surface area contributed by atoms with Crippen LogP contribution in [0.25, 0.3) is 0 Å². The molecule has 0 aliphatic heterocycles. The standard InChI is InChI=1S/C22H22N2OS/c25-22(24(20-11-12-20)15-18-9-5-2-6-10-18)14-19-16-26-21(23-19)13-17-7-3-1-4-8-17/h1-10,16,20H,11-15H2. The molecule has 26 heavy (non-hydrogen) atoms. The number of rotatable bonds is 7. The van der Waals surface area contributed by atoms with Crippen LogP contribution in [0.15, 0.2) is 66.0 Å². The molecular formula is C22H22N2OS. The summed E-state index contributed by atoms with van der Waals surface area (Å²) in [7, 11) is 0. The van der Waals surface area contributed by atoms with Gasteiger partial charge in [0.1, 0.15) is 0 Å². The van der Waals surface area contributed by atoms with E-state index in [-0.39, 0.29) is 5.91 Å². The molecule has 0 atom stereocenters. The zero-order chi connectivity index (χ0) is 17.8. The average Bonchev–Trinajstić information content (AvgIpc) is 3.42. The maximum Gasteiger partial charge on any atom is 0.229 e. The van der Waals surface area contributed by atoms with Crippen molar-refractivity contribution in [2.24, 2.45) is 0 Å². The zero-order valence-corrected chi connectivity index (χ0v) is 15.5. The van der Waals surface area contributed by atoms with Crippen molar-refractivity contribution in [1.82, 2.24) is 9.88 Å². The molecule has 1 saturated carbocycles. The van der Waals surface area contributed by atoms with E-state index in [0.29, 0.717) is 19.0 Å². The molecule has 1 heterocycles. The van der Waals surface area contributed by atoms with Gasteiger partial charge in [-0.15, -0.1) is 11.3 Å². The van der Waals surface area contributed by atoms with E-state index in [4.69, 9.17) is 0 Å². The minimum atomic E-state index is 0.188. The number of amides is 1. The predicted molar refractivity (Wildman–Crippen MR) is 105 cm³/mol. The minimum Gasteiger partial charge on any atom is -0.335 e. The second kappa shape index (κ2) is 7.83. The van der Waals surface area contributed by atoms with E-state index in [9.17, 15) is 4.79 Å². The Morgan fingerprint density at radius 1 is 1.00 bits per heavy atom.